The maximum atomic E-state index is 12.1. The van der Waals surface area contributed by atoms with Crippen LogP contribution in [-0.2, 0) is 0 Å². The van der Waals surface area contributed by atoms with Crippen LogP contribution in [0, 0.1) is 6.92 Å². The van der Waals surface area contributed by atoms with Crippen LogP contribution in [-0.4, -0.2) is 15.9 Å². The third kappa shape index (κ3) is 2.55. The number of anilines is 1. The lowest BCUT2D eigenvalue weighted by Gasteiger charge is -2.04. The summed E-state index contributed by atoms with van der Waals surface area (Å²) in [6, 6.07) is 8.67. The van der Waals surface area contributed by atoms with Crippen molar-refractivity contribution in [3.63, 3.8) is 0 Å². The van der Waals surface area contributed by atoms with Gasteiger partial charge < -0.3 is 9.73 Å². The second-order valence-corrected chi connectivity index (χ2v) is 5.15. The topological polar surface area (TPSA) is 68.0 Å². The second kappa shape index (κ2) is 5.05. The van der Waals surface area contributed by atoms with Gasteiger partial charge in [0.05, 0.1) is 0 Å². The number of rotatable bonds is 2. The molecule has 1 amide bonds. The minimum atomic E-state index is -0.240. The Kier molecular flexibility index (Phi) is 3.23. The second-order valence-electron chi connectivity index (χ2n) is 4.23. The minimum absolute atomic E-state index is 0.240. The SMILES string of the molecule is Cc1nc2ccc(C(=O)Nc3ccc(Br)cn3)cc2o1. The largest absolute Gasteiger partial charge is 0.441 e. The van der Waals surface area contributed by atoms with Gasteiger partial charge in [0.2, 0.25) is 0 Å². The fourth-order valence-corrected chi connectivity index (χ4v) is 2.05. The van der Waals surface area contributed by atoms with Gasteiger partial charge in [-0.15, -0.1) is 0 Å². The first kappa shape index (κ1) is 12.8. The van der Waals surface area contributed by atoms with Crippen molar-refractivity contribution in [1.29, 1.82) is 0 Å². The van der Waals surface area contributed by atoms with Gasteiger partial charge in [-0.3, -0.25) is 4.79 Å². The lowest BCUT2D eigenvalue weighted by molar-refractivity contribution is 0.102. The molecule has 0 aliphatic carbocycles. The van der Waals surface area contributed by atoms with E-state index in [2.05, 4.69) is 31.2 Å². The van der Waals surface area contributed by atoms with Gasteiger partial charge in [-0.2, -0.15) is 0 Å². The van der Waals surface area contributed by atoms with Crippen LogP contribution in [0.1, 0.15) is 16.2 Å². The van der Waals surface area contributed by atoms with Gasteiger partial charge in [-0.25, -0.2) is 9.97 Å². The average molecular weight is 332 g/mol. The zero-order valence-electron chi connectivity index (χ0n) is 10.6. The fourth-order valence-electron chi connectivity index (χ4n) is 1.82. The number of carbonyl (C=O) groups is 1. The molecule has 6 heteroatoms. The summed E-state index contributed by atoms with van der Waals surface area (Å²) in [5.41, 5.74) is 1.83. The lowest BCUT2D eigenvalue weighted by Crippen LogP contribution is -2.12. The van der Waals surface area contributed by atoms with Crippen LogP contribution in [0.4, 0.5) is 5.82 Å². The van der Waals surface area contributed by atoms with Crippen LogP contribution in [0.2, 0.25) is 0 Å². The number of carbonyl (C=O) groups excluding carboxylic acids is 1. The molecule has 0 aliphatic rings. The molecule has 0 spiro atoms. The molecule has 3 rings (SSSR count). The molecule has 0 radical (unpaired) electrons. The summed E-state index contributed by atoms with van der Waals surface area (Å²) < 4.78 is 6.27. The molecule has 0 atom stereocenters. The summed E-state index contributed by atoms with van der Waals surface area (Å²) in [7, 11) is 0. The molecule has 3 aromatic rings. The third-order valence-corrected chi connectivity index (χ3v) is 3.20. The number of pyridine rings is 1. The van der Waals surface area contributed by atoms with Crippen LogP contribution in [0.5, 0.6) is 0 Å². The summed E-state index contributed by atoms with van der Waals surface area (Å²) >= 11 is 3.29. The molecule has 0 aliphatic heterocycles. The van der Waals surface area contributed by atoms with Crippen LogP contribution in [0.15, 0.2) is 45.4 Å². The normalized spacial score (nSPS) is 10.7. The number of nitrogens with one attached hydrogen (secondary N) is 1. The first-order chi connectivity index (χ1) is 9.61. The van der Waals surface area contributed by atoms with Crippen molar-refractivity contribution in [2.75, 3.05) is 5.32 Å². The molecule has 2 aromatic heterocycles. The Labute approximate surface area is 123 Å². The summed E-state index contributed by atoms with van der Waals surface area (Å²) in [6.07, 6.45) is 1.62. The number of aromatic nitrogens is 2. The number of hydrogen-bond acceptors (Lipinski definition) is 4. The summed E-state index contributed by atoms with van der Waals surface area (Å²) in [5, 5.41) is 2.72. The smallest absolute Gasteiger partial charge is 0.256 e. The van der Waals surface area contributed by atoms with Crippen molar-refractivity contribution in [2.24, 2.45) is 0 Å². The van der Waals surface area contributed by atoms with E-state index in [1.165, 1.54) is 0 Å². The van der Waals surface area contributed by atoms with E-state index in [0.717, 1.165) is 9.99 Å². The summed E-state index contributed by atoms with van der Waals surface area (Å²) in [4.78, 5) is 20.4. The van der Waals surface area contributed by atoms with E-state index in [9.17, 15) is 4.79 Å². The number of amides is 1. The van der Waals surface area contributed by atoms with Gasteiger partial charge in [0.15, 0.2) is 11.5 Å². The van der Waals surface area contributed by atoms with Crippen LogP contribution in [0.3, 0.4) is 0 Å². The molecule has 0 bridgehead atoms. The monoisotopic (exact) mass is 331 g/mol. The molecule has 1 aromatic carbocycles. The highest BCUT2D eigenvalue weighted by Crippen LogP contribution is 2.18. The molecular weight excluding hydrogens is 322 g/mol. The Morgan fingerprint density at radius 1 is 1.30 bits per heavy atom. The highest BCUT2D eigenvalue weighted by atomic mass is 79.9. The zero-order valence-corrected chi connectivity index (χ0v) is 12.1. The number of oxazole rings is 1. The minimum Gasteiger partial charge on any atom is -0.441 e. The molecule has 100 valence electrons. The van der Waals surface area contributed by atoms with Crippen molar-refractivity contribution in [3.05, 3.63) is 52.5 Å². The summed E-state index contributed by atoms with van der Waals surface area (Å²) in [5.74, 6) is 0.829. The zero-order chi connectivity index (χ0) is 14.1. The predicted molar refractivity (Wildman–Crippen MR) is 78.6 cm³/mol. The maximum absolute atomic E-state index is 12.1. The van der Waals surface area contributed by atoms with Crippen molar-refractivity contribution in [3.8, 4) is 0 Å². The first-order valence-electron chi connectivity index (χ1n) is 5.92. The molecule has 20 heavy (non-hydrogen) atoms. The number of nitrogens with zero attached hydrogens (tertiary/aromatic N) is 2. The third-order valence-electron chi connectivity index (χ3n) is 2.73. The van der Waals surface area contributed by atoms with E-state index in [1.54, 1.807) is 37.4 Å². The van der Waals surface area contributed by atoms with Gasteiger partial charge in [0, 0.05) is 23.2 Å². The Hall–Kier alpha value is -2.21. The Morgan fingerprint density at radius 2 is 2.15 bits per heavy atom. The van der Waals surface area contributed by atoms with E-state index in [4.69, 9.17) is 4.42 Å². The van der Waals surface area contributed by atoms with E-state index in [-0.39, 0.29) is 5.91 Å². The molecule has 0 unspecified atom stereocenters. The number of fused-ring (bicyclic) bond motifs is 1. The average Bonchev–Trinajstić information content (AvgIpc) is 2.80. The Bertz CT molecular complexity index is 781. The standard InChI is InChI=1S/C14H10BrN3O2/c1-8-17-11-4-2-9(6-12(11)20-8)14(19)18-13-5-3-10(15)7-16-13/h2-7H,1H3,(H,16,18,19). The number of benzene rings is 1. The first-order valence-corrected chi connectivity index (χ1v) is 6.71. The van der Waals surface area contributed by atoms with Crippen molar-refractivity contribution in [2.45, 2.75) is 6.92 Å². The summed E-state index contributed by atoms with van der Waals surface area (Å²) in [6.45, 7) is 1.77. The van der Waals surface area contributed by atoms with Crippen molar-refractivity contribution < 1.29 is 9.21 Å². The van der Waals surface area contributed by atoms with Crippen LogP contribution < -0.4 is 5.32 Å². The van der Waals surface area contributed by atoms with Gasteiger partial charge in [-0.1, -0.05) is 0 Å². The molecule has 5 nitrogen and oxygen atoms in total. The number of halogens is 1. The van der Waals surface area contributed by atoms with E-state index in [1.807, 2.05) is 6.07 Å². The van der Waals surface area contributed by atoms with E-state index >= 15 is 0 Å². The molecule has 0 saturated carbocycles. The van der Waals surface area contributed by atoms with Crippen molar-refractivity contribution >= 4 is 38.8 Å². The molecule has 0 saturated heterocycles. The predicted octanol–water partition coefficient (Wildman–Crippen LogP) is 3.55. The molecular formula is C14H10BrN3O2. The van der Waals surface area contributed by atoms with Gasteiger partial charge in [-0.05, 0) is 46.3 Å². The van der Waals surface area contributed by atoms with Gasteiger partial charge in [0.25, 0.3) is 5.91 Å². The number of hydrogen-bond donors (Lipinski definition) is 1. The fraction of sp³-hybridized carbons (Fsp3) is 0.0714. The quantitative estimate of drug-likeness (QED) is 0.779. The van der Waals surface area contributed by atoms with Gasteiger partial charge >= 0.3 is 0 Å². The highest BCUT2D eigenvalue weighted by Gasteiger charge is 2.10. The van der Waals surface area contributed by atoms with Crippen molar-refractivity contribution in [1.82, 2.24) is 9.97 Å². The highest BCUT2D eigenvalue weighted by molar-refractivity contribution is 9.10. The van der Waals surface area contributed by atoms with Crippen LogP contribution >= 0.6 is 15.9 Å². The van der Waals surface area contributed by atoms with E-state index in [0.29, 0.717) is 22.9 Å². The maximum Gasteiger partial charge on any atom is 0.256 e. The Balaban J connectivity index is 1.86. The molecule has 2 heterocycles. The molecule has 1 N–H and O–H groups in total. The van der Waals surface area contributed by atoms with E-state index < -0.39 is 0 Å². The van der Waals surface area contributed by atoms with Gasteiger partial charge in [0.1, 0.15) is 11.3 Å². The number of aryl methyl sites for hydroxylation is 1. The molecule has 0 fully saturated rings. The Morgan fingerprint density at radius 3 is 2.90 bits per heavy atom. The van der Waals surface area contributed by atoms with Crippen LogP contribution in [0.25, 0.3) is 11.1 Å². The lowest BCUT2D eigenvalue weighted by atomic mass is 10.2.